The molecular formula is C16H26N2O4S. The van der Waals surface area contributed by atoms with Gasteiger partial charge in [-0.25, -0.2) is 13.1 Å². The fourth-order valence-electron chi connectivity index (χ4n) is 2.25. The van der Waals surface area contributed by atoms with Gasteiger partial charge in [0.25, 0.3) is 0 Å². The molecule has 1 aromatic carbocycles. The Morgan fingerprint density at radius 2 is 2.09 bits per heavy atom. The van der Waals surface area contributed by atoms with Gasteiger partial charge in [-0.05, 0) is 31.0 Å². The lowest BCUT2D eigenvalue weighted by atomic mass is 10.1. The summed E-state index contributed by atoms with van der Waals surface area (Å²) in [7, 11) is -1.83. The smallest absolute Gasteiger partial charge is 0.240 e. The van der Waals surface area contributed by atoms with Crippen LogP contribution < -0.4 is 9.46 Å². The molecule has 6 nitrogen and oxygen atoms in total. The van der Waals surface area contributed by atoms with Crippen LogP contribution in [0.1, 0.15) is 32.3 Å². The van der Waals surface area contributed by atoms with Crippen molar-refractivity contribution in [2.45, 2.75) is 39.3 Å². The number of nitrogens with one attached hydrogen (secondary N) is 1. The van der Waals surface area contributed by atoms with Gasteiger partial charge in [0.2, 0.25) is 15.9 Å². The summed E-state index contributed by atoms with van der Waals surface area (Å²) in [5, 5.41) is 0. The Morgan fingerprint density at radius 3 is 2.65 bits per heavy atom. The third kappa shape index (κ3) is 7.00. The quantitative estimate of drug-likeness (QED) is 0.742. The van der Waals surface area contributed by atoms with E-state index in [4.69, 9.17) is 4.74 Å². The zero-order chi connectivity index (χ0) is 17.5. The van der Waals surface area contributed by atoms with Crippen molar-refractivity contribution in [3.8, 4) is 5.75 Å². The fraction of sp³-hybridized carbons (Fsp3) is 0.562. The first kappa shape index (κ1) is 19.4. The summed E-state index contributed by atoms with van der Waals surface area (Å²) in [5.74, 6) is 0.499. The molecule has 0 spiro atoms. The first-order valence-electron chi connectivity index (χ1n) is 7.65. The highest BCUT2D eigenvalue weighted by molar-refractivity contribution is 7.88. The van der Waals surface area contributed by atoms with E-state index in [1.54, 1.807) is 18.9 Å². The second-order valence-corrected chi connectivity index (χ2v) is 7.36. The molecule has 1 N–H and O–H groups in total. The molecule has 1 rings (SSSR count). The molecule has 0 aliphatic carbocycles. The largest absolute Gasteiger partial charge is 0.497 e. The lowest BCUT2D eigenvalue weighted by Gasteiger charge is -2.26. The molecule has 0 radical (unpaired) electrons. The number of carbonyl (C=O) groups excluding carboxylic acids is 1. The normalized spacial score (nSPS) is 12.7. The molecule has 0 aliphatic heterocycles. The molecule has 0 aromatic heterocycles. The lowest BCUT2D eigenvalue weighted by Crippen LogP contribution is -2.46. The van der Waals surface area contributed by atoms with Gasteiger partial charge in [-0.15, -0.1) is 0 Å². The molecule has 1 atom stereocenters. The molecule has 0 saturated carbocycles. The molecule has 1 aromatic rings. The number of sulfonamides is 1. The molecule has 0 aliphatic rings. The Morgan fingerprint density at radius 1 is 1.39 bits per heavy atom. The maximum absolute atomic E-state index is 12.6. The summed E-state index contributed by atoms with van der Waals surface area (Å²) < 4.78 is 30.2. The second kappa shape index (κ2) is 8.88. The third-order valence-electron chi connectivity index (χ3n) is 3.36. The molecule has 0 saturated heterocycles. The van der Waals surface area contributed by atoms with Crippen molar-refractivity contribution >= 4 is 15.9 Å². The summed E-state index contributed by atoms with van der Waals surface area (Å²) in [6, 6.07) is 6.72. The minimum absolute atomic E-state index is 0.230. The topological polar surface area (TPSA) is 75.7 Å². The molecule has 7 heteroatoms. The zero-order valence-electron chi connectivity index (χ0n) is 14.2. The summed E-state index contributed by atoms with van der Waals surface area (Å²) >= 11 is 0. The van der Waals surface area contributed by atoms with Crippen LogP contribution in [0.2, 0.25) is 0 Å². The van der Waals surface area contributed by atoms with E-state index in [0.29, 0.717) is 13.1 Å². The van der Waals surface area contributed by atoms with Crippen molar-refractivity contribution in [2.75, 3.05) is 19.9 Å². The van der Waals surface area contributed by atoms with Crippen LogP contribution in [0.3, 0.4) is 0 Å². The van der Waals surface area contributed by atoms with Crippen molar-refractivity contribution < 1.29 is 17.9 Å². The highest BCUT2D eigenvalue weighted by Gasteiger charge is 2.23. The first-order valence-corrected chi connectivity index (χ1v) is 9.55. The van der Waals surface area contributed by atoms with Gasteiger partial charge in [0.15, 0.2) is 0 Å². The third-order valence-corrected chi connectivity index (χ3v) is 4.14. The monoisotopic (exact) mass is 342 g/mol. The van der Waals surface area contributed by atoms with Crippen LogP contribution in [-0.2, 0) is 21.4 Å². The molecule has 130 valence electrons. The SMILES string of the molecule is CCCCN(Cc1cccc(OC)c1)C(=O)[C@@H](C)NS(C)(=O)=O. The van der Waals surface area contributed by atoms with Crippen molar-refractivity contribution in [3.63, 3.8) is 0 Å². The van der Waals surface area contributed by atoms with E-state index in [9.17, 15) is 13.2 Å². The minimum Gasteiger partial charge on any atom is -0.497 e. The molecule has 0 heterocycles. The van der Waals surface area contributed by atoms with Gasteiger partial charge >= 0.3 is 0 Å². The number of benzene rings is 1. The molecule has 23 heavy (non-hydrogen) atoms. The van der Waals surface area contributed by atoms with Crippen molar-refractivity contribution in [3.05, 3.63) is 29.8 Å². The van der Waals surface area contributed by atoms with Crippen molar-refractivity contribution in [2.24, 2.45) is 0 Å². The zero-order valence-corrected chi connectivity index (χ0v) is 15.0. The van der Waals surface area contributed by atoms with Gasteiger partial charge in [-0.1, -0.05) is 25.5 Å². The lowest BCUT2D eigenvalue weighted by molar-refractivity contribution is -0.133. The maximum Gasteiger partial charge on any atom is 0.240 e. The highest BCUT2D eigenvalue weighted by atomic mass is 32.2. The van der Waals surface area contributed by atoms with E-state index in [-0.39, 0.29) is 5.91 Å². The van der Waals surface area contributed by atoms with Gasteiger partial charge in [-0.3, -0.25) is 4.79 Å². The van der Waals surface area contributed by atoms with E-state index in [1.807, 2.05) is 31.2 Å². The number of carbonyl (C=O) groups is 1. The Balaban J connectivity index is 2.87. The van der Waals surface area contributed by atoms with Gasteiger partial charge in [0, 0.05) is 13.1 Å². The first-order chi connectivity index (χ1) is 10.8. The van der Waals surface area contributed by atoms with E-state index >= 15 is 0 Å². The van der Waals surface area contributed by atoms with Gasteiger partial charge < -0.3 is 9.64 Å². The van der Waals surface area contributed by atoms with Crippen molar-refractivity contribution in [1.29, 1.82) is 0 Å². The van der Waals surface area contributed by atoms with Crippen LogP contribution in [0.25, 0.3) is 0 Å². The molecule has 1 amide bonds. The van der Waals surface area contributed by atoms with Crippen molar-refractivity contribution in [1.82, 2.24) is 9.62 Å². The summed E-state index contributed by atoms with van der Waals surface area (Å²) in [6.45, 7) is 4.62. The molecule has 0 fully saturated rings. The fourth-order valence-corrected chi connectivity index (χ4v) is 3.00. The van der Waals surface area contributed by atoms with Gasteiger partial charge in [-0.2, -0.15) is 0 Å². The Labute approximate surface area is 138 Å². The standard InChI is InChI=1S/C16H26N2O4S/c1-5-6-10-18(16(19)13(2)17-23(4,20)21)12-14-8-7-9-15(11-14)22-3/h7-9,11,13,17H,5-6,10,12H2,1-4H3/t13-/m1/s1. The predicted molar refractivity (Wildman–Crippen MR) is 90.8 cm³/mol. The average Bonchev–Trinajstić information content (AvgIpc) is 2.49. The minimum atomic E-state index is -3.42. The maximum atomic E-state index is 12.6. The van der Waals surface area contributed by atoms with Crippen LogP contribution in [0.5, 0.6) is 5.75 Å². The Kier molecular flexibility index (Phi) is 7.51. The number of unbranched alkanes of at least 4 members (excludes halogenated alkanes) is 1. The Hall–Kier alpha value is -1.60. The second-order valence-electron chi connectivity index (χ2n) is 5.58. The summed E-state index contributed by atoms with van der Waals surface area (Å²) in [6.07, 6.45) is 2.87. The van der Waals surface area contributed by atoms with E-state index in [2.05, 4.69) is 4.72 Å². The number of rotatable bonds is 9. The Bertz CT molecular complexity index is 616. The van der Waals surface area contributed by atoms with E-state index < -0.39 is 16.1 Å². The number of methoxy groups -OCH3 is 1. The number of hydrogen-bond donors (Lipinski definition) is 1. The van der Waals surface area contributed by atoms with Crippen LogP contribution >= 0.6 is 0 Å². The van der Waals surface area contributed by atoms with Crippen LogP contribution in [-0.4, -0.2) is 45.2 Å². The van der Waals surface area contributed by atoms with Gasteiger partial charge in [0.05, 0.1) is 19.4 Å². The predicted octanol–water partition coefficient (Wildman–Crippen LogP) is 1.76. The van der Waals surface area contributed by atoms with E-state index in [1.165, 1.54) is 0 Å². The van der Waals surface area contributed by atoms with Crippen LogP contribution in [0.15, 0.2) is 24.3 Å². The van der Waals surface area contributed by atoms with Gasteiger partial charge in [0.1, 0.15) is 5.75 Å². The molecule has 0 bridgehead atoms. The molecule has 0 unspecified atom stereocenters. The number of nitrogens with zero attached hydrogens (tertiary/aromatic N) is 1. The highest BCUT2D eigenvalue weighted by Crippen LogP contribution is 2.15. The van der Waals surface area contributed by atoms with Crippen LogP contribution in [0, 0.1) is 0 Å². The van der Waals surface area contributed by atoms with Crippen LogP contribution in [0.4, 0.5) is 0 Å². The average molecular weight is 342 g/mol. The number of hydrogen-bond acceptors (Lipinski definition) is 4. The number of ether oxygens (including phenoxy) is 1. The molecular weight excluding hydrogens is 316 g/mol. The van der Waals surface area contributed by atoms with E-state index in [0.717, 1.165) is 30.4 Å². The summed E-state index contributed by atoms with van der Waals surface area (Å²) in [4.78, 5) is 14.2. The summed E-state index contributed by atoms with van der Waals surface area (Å²) in [5.41, 5.74) is 0.945. The number of amides is 1.